The molecular formula is C24H28N4O4S. The van der Waals surface area contributed by atoms with Gasteiger partial charge in [-0.2, -0.15) is 0 Å². The van der Waals surface area contributed by atoms with E-state index in [0.29, 0.717) is 57.9 Å². The minimum Gasteiger partial charge on any atom is -0.459 e. The second-order valence-electron chi connectivity index (χ2n) is 8.61. The van der Waals surface area contributed by atoms with Crippen molar-refractivity contribution in [2.45, 2.75) is 26.3 Å². The van der Waals surface area contributed by atoms with E-state index in [1.807, 2.05) is 15.9 Å². The largest absolute Gasteiger partial charge is 0.459 e. The second kappa shape index (κ2) is 9.05. The summed E-state index contributed by atoms with van der Waals surface area (Å²) in [6.07, 6.45) is 2.85. The number of aromatic nitrogens is 1. The Balaban J connectivity index is 1.15. The number of carbonyl (C=O) groups excluding carboxylic acids is 3. The monoisotopic (exact) mass is 468 g/mol. The summed E-state index contributed by atoms with van der Waals surface area (Å²) in [4.78, 5) is 44.2. The van der Waals surface area contributed by atoms with E-state index in [1.54, 1.807) is 28.4 Å². The van der Waals surface area contributed by atoms with Gasteiger partial charge in [-0.3, -0.25) is 14.4 Å². The predicted molar refractivity (Wildman–Crippen MR) is 125 cm³/mol. The number of thiophene rings is 1. The summed E-state index contributed by atoms with van der Waals surface area (Å²) < 4.78 is 8.41. The fraction of sp³-hybridized carbons (Fsp3) is 0.458. The van der Waals surface area contributed by atoms with Gasteiger partial charge in [-0.1, -0.05) is 0 Å². The molecule has 0 unspecified atom stereocenters. The average Bonchev–Trinajstić information content (AvgIpc) is 3.61. The Bertz CT molecular complexity index is 1150. The van der Waals surface area contributed by atoms with Crippen molar-refractivity contribution in [3.63, 3.8) is 0 Å². The summed E-state index contributed by atoms with van der Waals surface area (Å²) in [6, 6.07) is 7.42. The van der Waals surface area contributed by atoms with Gasteiger partial charge in [0.15, 0.2) is 5.76 Å². The zero-order chi connectivity index (χ0) is 22.9. The van der Waals surface area contributed by atoms with Crippen LogP contribution in [0.2, 0.25) is 0 Å². The molecule has 174 valence electrons. The number of furan rings is 1. The Hall–Kier alpha value is -3.07. The van der Waals surface area contributed by atoms with Gasteiger partial charge in [-0.15, -0.1) is 11.3 Å². The van der Waals surface area contributed by atoms with Crippen molar-refractivity contribution in [2.24, 2.45) is 5.92 Å². The lowest BCUT2D eigenvalue weighted by Crippen LogP contribution is -2.53. The van der Waals surface area contributed by atoms with E-state index in [0.717, 1.165) is 22.5 Å². The van der Waals surface area contributed by atoms with Crippen molar-refractivity contribution in [2.75, 3.05) is 39.3 Å². The van der Waals surface area contributed by atoms with Crippen LogP contribution in [-0.4, -0.2) is 76.3 Å². The maximum absolute atomic E-state index is 13.2. The lowest BCUT2D eigenvalue weighted by atomic mass is 9.94. The molecule has 5 rings (SSSR count). The first-order valence-corrected chi connectivity index (χ1v) is 12.4. The summed E-state index contributed by atoms with van der Waals surface area (Å²) >= 11 is 1.65. The number of amides is 3. The molecule has 33 heavy (non-hydrogen) atoms. The number of piperidine rings is 1. The second-order valence-corrected chi connectivity index (χ2v) is 9.55. The predicted octanol–water partition coefficient (Wildman–Crippen LogP) is 3.15. The Kier molecular flexibility index (Phi) is 5.97. The van der Waals surface area contributed by atoms with Crippen molar-refractivity contribution < 1.29 is 18.8 Å². The van der Waals surface area contributed by atoms with Crippen molar-refractivity contribution in [3.8, 4) is 0 Å². The lowest BCUT2D eigenvalue weighted by molar-refractivity contribution is -0.138. The summed E-state index contributed by atoms with van der Waals surface area (Å²) in [5.41, 5.74) is 1.85. The third-order valence-corrected chi connectivity index (χ3v) is 7.65. The highest BCUT2D eigenvalue weighted by Crippen LogP contribution is 2.28. The fourth-order valence-electron chi connectivity index (χ4n) is 4.93. The molecule has 0 atom stereocenters. The maximum Gasteiger partial charge on any atom is 0.289 e. The highest BCUT2D eigenvalue weighted by molar-refractivity contribution is 7.17. The number of piperazine rings is 1. The topological polar surface area (TPSA) is 79.0 Å². The van der Waals surface area contributed by atoms with E-state index in [4.69, 9.17) is 4.42 Å². The molecule has 0 N–H and O–H groups in total. The highest BCUT2D eigenvalue weighted by atomic mass is 32.1. The van der Waals surface area contributed by atoms with Crippen molar-refractivity contribution >= 4 is 39.3 Å². The summed E-state index contributed by atoms with van der Waals surface area (Å²) in [6.45, 7) is 6.08. The number of hydrogen-bond acceptors (Lipinski definition) is 5. The van der Waals surface area contributed by atoms with Gasteiger partial charge in [0.1, 0.15) is 5.69 Å². The first-order chi connectivity index (χ1) is 16.1. The van der Waals surface area contributed by atoms with Gasteiger partial charge in [0.25, 0.3) is 11.8 Å². The summed E-state index contributed by atoms with van der Waals surface area (Å²) in [5, 5.41) is 2.05. The molecule has 0 aromatic carbocycles. The number of nitrogens with zero attached hydrogens (tertiary/aromatic N) is 4. The lowest BCUT2D eigenvalue weighted by Gasteiger charge is -2.38. The summed E-state index contributed by atoms with van der Waals surface area (Å²) in [7, 11) is 0. The van der Waals surface area contributed by atoms with Gasteiger partial charge in [-0.25, -0.2) is 0 Å². The quantitative estimate of drug-likeness (QED) is 0.589. The standard InChI is InChI=1S/C24H28N4O4S/c1-2-28-18-7-15-33-21(18)16-19(28)23(30)25-8-5-17(6-9-25)22(29)26-10-12-27(13-11-26)24(31)20-4-3-14-32-20/h3-4,7,14-17H,2,5-6,8-13H2,1H3. The highest BCUT2D eigenvalue weighted by Gasteiger charge is 2.33. The molecule has 0 bridgehead atoms. The van der Waals surface area contributed by atoms with Gasteiger partial charge >= 0.3 is 0 Å². The van der Waals surface area contributed by atoms with Crippen LogP contribution in [0.3, 0.4) is 0 Å². The Morgan fingerprint density at radius 1 is 0.970 bits per heavy atom. The molecule has 3 amide bonds. The molecule has 2 aliphatic heterocycles. The van der Waals surface area contributed by atoms with Crippen LogP contribution in [0.4, 0.5) is 0 Å². The van der Waals surface area contributed by atoms with Crippen molar-refractivity contribution in [1.29, 1.82) is 0 Å². The number of hydrogen-bond donors (Lipinski definition) is 0. The first-order valence-electron chi connectivity index (χ1n) is 11.5. The van der Waals surface area contributed by atoms with E-state index in [-0.39, 0.29) is 23.6 Å². The normalized spacial score (nSPS) is 17.7. The molecule has 3 aromatic rings. The van der Waals surface area contributed by atoms with E-state index < -0.39 is 0 Å². The molecule has 2 aliphatic rings. The Labute approximate surface area is 196 Å². The zero-order valence-corrected chi connectivity index (χ0v) is 19.6. The molecule has 8 nitrogen and oxygen atoms in total. The molecule has 9 heteroatoms. The minimum atomic E-state index is -0.129. The summed E-state index contributed by atoms with van der Waals surface area (Å²) in [5.74, 6) is 0.333. The van der Waals surface area contributed by atoms with Crippen LogP contribution in [0.5, 0.6) is 0 Å². The Morgan fingerprint density at radius 2 is 1.67 bits per heavy atom. The van der Waals surface area contributed by atoms with Gasteiger partial charge in [0.05, 0.1) is 16.5 Å². The van der Waals surface area contributed by atoms with E-state index in [1.165, 1.54) is 6.26 Å². The molecule has 5 heterocycles. The minimum absolute atomic E-state index is 0.0520. The molecule has 0 spiro atoms. The molecule has 2 fully saturated rings. The molecule has 0 radical (unpaired) electrons. The molecule has 0 saturated carbocycles. The molecular weight excluding hydrogens is 440 g/mol. The number of likely N-dealkylation sites (tertiary alicyclic amines) is 1. The van der Waals surface area contributed by atoms with Crippen LogP contribution in [0, 0.1) is 5.92 Å². The molecule has 2 saturated heterocycles. The van der Waals surface area contributed by atoms with Crippen LogP contribution in [0.1, 0.15) is 40.8 Å². The fourth-order valence-corrected chi connectivity index (χ4v) is 5.75. The number of rotatable bonds is 4. The SMILES string of the molecule is CCn1c(C(=O)N2CCC(C(=O)N3CCN(C(=O)c4ccco4)CC3)CC2)cc2sccc21. The first kappa shape index (κ1) is 21.8. The van der Waals surface area contributed by atoms with E-state index in [2.05, 4.69) is 22.9 Å². The smallest absolute Gasteiger partial charge is 0.289 e. The van der Waals surface area contributed by atoms with Crippen LogP contribution in [-0.2, 0) is 11.3 Å². The Morgan fingerprint density at radius 3 is 2.33 bits per heavy atom. The third kappa shape index (κ3) is 4.06. The van der Waals surface area contributed by atoms with Crippen LogP contribution >= 0.6 is 11.3 Å². The van der Waals surface area contributed by atoms with Crippen LogP contribution in [0.15, 0.2) is 40.3 Å². The van der Waals surface area contributed by atoms with Gasteiger partial charge in [0, 0.05) is 51.7 Å². The maximum atomic E-state index is 13.2. The number of fused-ring (bicyclic) bond motifs is 1. The average molecular weight is 469 g/mol. The third-order valence-electron chi connectivity index (χ3n) is 6.80. The molecule has 0 aliphatic carbocycles. The van der Waals surface area contributed by atoms with Crippen molar-refractivity contribution in [3.05, 3.63) is 47.4 Å². The molecule has 3 aromatic heterocycles. The van der Waals surface area contributed by atoms with Crippen LogP contribution < -0.4 is 0 Å². The van der Waals surface area contributed by atoms with Gasteiger partial charge in [-0.05, 0) is 49.4 Å². The number of carbonyl (C=O) groups is 3. The number of aryl methyl sites for hydroxylation is 1. The van der Waals surface area contributed by atoms with E-state index >= 15 is 0 Å². The van der Waals surface area contributed by atoms with E-state index in [9.17, 15) is 14.4 Å². The van der Waals surface area contributed by atoms with Crippen LogP contribution in [0.25, 0.3) is 10.2 Å². The van der Waals surface area contributed by atoms with Gasteiger partial charge < -0.3 is 23.7 Å². The van der Waals surface area contributed by atoms with Crippen molar-refractivity contribution in [1.82, 2.24) is 19.3 Å². The zero-order valence-electron chi connectivity index (χ0n) is 18.7. The van der Waals surface area contributed by atoms with Gasteiger partial charge in [0.2, 0.25) is 5.91 Å².